The molecular formula is C24H30N2OS. The van der Waals surface area contributed by atoms with Crippen LogP contribution in [-0.2, 0) is 17.2 Å². The van der Waals surface area contributed by atoms with Crippen LogP contribution in [0.5, 0.6) is 0 Å². The third kappa shape index (κ3) is 4.74. The highest BCUT2D eigenvalue weighted by Crippen LogP contribution is 2.35. The molecule has 3 rings (SSSR count). The number of hydrogen-bond acceptors (Lipinski definition) is 3. The van der Waals surface area contributed by atoms with Gasteiger partial charge in [-0.2, -0.15) is 0 Å². The van der Waals surface area contributed by atoms with Gasteiger partial charge in [0.15, 0.2) is 0 Å². The second kappa shape index (κ2) is 9.24. The lowest BCUT2D eigenvalue weighted by atomic mass is 10.0. The van der Waals surface area contributed by atoms with Crippen LogP contribution >= 0.6 is 0 Å². The third-order valence-corrected chi connectivity index (χ3v) is 6.22. The fourth-order valence-corrected chi connectivity index (χ4v) is 4.27. The maximum Gasteiger partial charge on any atom is 0.0504 e. The molecule has 28 heavy (non-hydrogen) atoms. The zero-order valence-corrected chi connectivity index (χ0v) is 18.1. The Hall–Kier alpha value is -2.33. The van der Waals surface area contributed by atoms with E-state index in [1.54, 1.807) is 6.26 Å². The lowest BCUT2D eigenvalue weighted by molar-refractivity contribution is 0.687. The van der Waals surface area contributed by atoms with Gasteiger partial charge < -0.3 is 10.2 Å². The van der Waals surface area contributed by atoms with Gasteiger partial charge in [0, 0.05) is 36.1 Å². The van der Waals surface area contributed by atoms with E-state index in [0.29, 0.717) is 0 Å². The van der Waals surface area contributed by atoms with E-state index >= 15 is 0 Å². The second-order valence-corrected chi connectivity index (χ2v) is 8.82. The van der Waals surface area contributed by atoms with Crippen molar-refractivity contribution in [2.45, 2.75) is 38.5 Å². The zero-order valence-electron chi connectivity index (χ0n) is 17.3. The van der Waals surface area contributed by atoms with Crippen LogP contribution in [0.2, 0.25) is 0 Å². The van der Waals surface area contributed by atoms with E-state index in [9.17, 15) is 4.21 Å². The summed E-state index contributed by atoms with van der Waals surface area (Å²) < 4.78 is 12.1. The van der Waals surface area contributed by atoms with E-state index < -0.39 is 10.8 Å². The van der Waals surface area contributed by atoms with Crippen LogP contribution in [0.3, 0.4) is 0 Å². The highest BCUT2D eigenvalue weighted by Gasteiger charge is 2.20. The highest BCUT2D eigenvalue weighted by molar-refractivity contribution is 7.84. The molecule has 0 aliphatic carbocycles. The van der Waals surface area contributed by atoms with Gasteiger partial charge in [-0.25, -0.2) is 0 Å². The molecule has 1 aliphatic heterocycles. The zero-order chi connectivity index (χ0) is 20.1. The minimum Gasteiger partial charge on any atom is -0.368 e. The maximum atomic E-state index is 12.1. The Morgan fingerprint density at radius 3 is 2.64 bits per heavy atom. The van der Waals surface area contributed by atoms with Gasteiger partial charge in [-0.05, 0) is 67.3 Å². The molecule has 1 N–H and O–H groups in total. The van der Waals surface area contributed by atoms with Gasteiger partial charge in [0.2, 0.25) is 0 Å². The first kappa shape index (κ1) is 20.4. The number of rotatable bonds is 7. The fraction of sp³-hybridized carbons (Fsp3) is 0.333. The molecule has 2 aromatic rings. The molecule has 1 unspecified atom stereocenters. The van der Waals surface area contributed by atoms with Crippen molar-refractivity contribution < 1.29 is 4.21 Å². The lowest BCUT2D eigenvalue weighted by Crippen LogP contribution is -2.23. The van der Waals surface area contributed by atoms with Crippen LogP contribution in [0.25, 0.3) is 11.1 Å². The van der Waals surface area contributed by atoms with E-state index in [0.717, 1.165) is 42.0 Å². The quantitative estimate of drug-likeness (QED) is 0.695. The molecule has 0 fully saturated rings. The standard InChI is InChI=1S/C24H30N2OS/c1-5-18(2)15-25-16-19(3)17-26-13-12-20-10-11-21(14-23(20)26)22-8-6-7-9-24(22)28(4)27/h6-11,14-16,25H,5,12-13,17H2,1-4H3/b18-15+,19-16+. The van der Waals surface area contributed by atoms with Gasteiger partial charge in [0.05, 0.1) is 10.8 Å². The molecule has 0 amide bonds. The molecule has 4 heteroatoms. The molecule has 1 heterocycles. The first-order valence-electron chi connectivity index (χ1n) is 9.87. The molecule has 0 spiro atoms. The van der Waals surface area contributed by atoms with Crippen molar-refractivity contribution in [3.05, 3.63) is 71.6 Å². The van der Waals surface area contributed by atoms with Gasteiger partial charge in [-0.3, -0.25) is 4.21 Å². The Morgan fingerprint density at radius 1 is 1.14 bits per heavy atom. The fourth-order valence-electron chi connectivity index (χ4n) is 3.51. The summed E-state index contributed by atoms with van der Waals surface area (Å²) in [6.45, 7) is 8.41. The summed E-state index contributed by atoms with van der Waals surface area (Å²) in [6, 6.07) is 14.6. The van der Waals surface area contributed by atoms with Crippen LogP contribution in [0.4, 0.5) is 5.69 Å². The number of nitrogens with one attached hydrogen (secondary N) is 1. The van der Waals surface area contributed by atoms with Crippen LogP contribution in [0.15, 0.2) is 70.9 Å². The predicted octanol–water partition coefficient (Wildman–Crippen LogP) is 5.26. The van der Waals surface area contributed by atoms with Crippen molar-refractivity contribution in [1.82, 2.24) is 5.32 Å². The van der Waals surface area contributed by atoms with Gasteiger partial charge in [-0.1, -0.05) is 42.8 Å². The van der Waals surface area contributed by atoms with Crippen LogP contribution < -0.4 is 10.2 Å². The molecule has 0 bridgehead atoms. The molecule has 1 atom stereocenters. The molecular weight excluding hydrogens is 364 g/mol. The van der Waals surface area contributed by atoms with E-state index in [-0.39, 0.29) is 0 Å². The van der Waals surface area contributed by atoms with Gasteiger partial charge in [0.25, 0.3) is 0 Å². The Labute approximate surface area is 171 Å². The van der Waals surface area contributed by atoms with Crippen LogP contribution in [-0.4, -0.2) is 23.6 Å². The van der Waals surface area contributed by atoms with Gasteiger partial charge >= 0.3 is 0 Å². The monoisotopic (exact) mass is 394 g/mol. The first-order valence-corrected chi connectivity index (χ1v) is 11.4. The van der Waals surface area contributed by atoms with Crippen molar-refractivity contribution >= 4 is 16.5 Å². The van der Waals surface area contributed by atoms with E-state index in [2.05, 4.69) is 67.7 Å². The van der Waals surface area contributed by atoms with Crippen molar-refractivity contribution in [2.75, 3.05) is 24.2 Å². The summed E-state index contributed by atoms with van der Waals surface area (Å²) in [5.74, 6) is 0. The Kier molecular flexibility index (Phi) is 6.74. The maximum absolute atomic E-state index is 12.1. The molecule has 1 aliphatic rings. The van der Waals surface area contributed by atoms with Gasteiger partial charge in [-0.15, -0.1) is 0 Å². The van der Waals surface area contributed by atoms with E-state index in [4.69, 9.17) is 0 Å². The first-order chi connectivity index (χ1) is 13.5. The summed E-state index contributed by atoms with van der Waals surface area (Å²) in [6.07, 6.45) is 8.05. The minimum atomic E-state index is -1.00. The Balaban J connectivity index is 1.82. The summed E-state index contributed by atoms with van der Waals surface area (Å²) in [4.78, 5) is 3.33. The van der Waals surface area contributed by atoms with Crippen molar-refractivity contribution in [1.29, 1.82) is 0 Å². The topological polar surface area (TPSA) is 32.3 Å². The van der Waals surface area contributed by atoms with Crippen LogP contribution in [0, 0.1) is 0 Å². The molecule has 3 nitrogen and oxygen atoms in total. The van der Waals surface area contributed by atoms with Crippen molar-refractivity contribution in [3.63, 3.8) is 0 Å². The van der Waals surface area contributed by atoms with E-state index in [1.165, 1.54) is 22.4 Å². The largest absolute Gasteiger partial charge is 0.368 e. The van der Waals surface area contributed by atoms with Crippen molar-refractivity contribution in [2.24, 2.45) is 0 Å². The molecule has 2 aromatic carbocycles. The van der Waals surface area contributed by atoms with E-state index in [1.807, 2.05) is 18.2 Å². The SMILES string of the molecule is CC/C(C)=C/N/C=C(\C)CN1CCc2ccc(-c3ccccc3S(C)=O)cc21. The molecule has 148 valence electrons. The average Bonchev–Trinajstić information content (AvgIpc) is 3.09. The number of nitrogens with zero attached hydrogens (tertiary/aromatic N) is 1. The molecule has 0 saturated carbocycles. The Morgan fingerprint density at radius 2 is 1.89 bits per heavy atom. The van der Waals surface area contributed by atoms with Crippen molar-refractivity contribution in [3.8, 4) is 11.1 Å². The minimum absolute atomic E-state index is 0.894. The van der Waals surface area contributed by atoms with Crippen LogP contribution in [0.1, 0.15) is 32.8 Å². The summed E-state index contributed by atoms with van der Waals surface area (Å²) in [5.41, 5.74) is 7.52. The number of allylic oxidation sites excluding steroid dienone is 1. The van der Waals surface area contributed by atoms with Gasteiger partial charge in [0.1, 0.15) is 0 Å². The third-order valence-electron chi connectivity index (χ3n) is 5.24. The predicted molar refractivity (Wildman–Crippen MR) is 121 cm³/mol. The second-order valence-electron chi connectivity index (χ2n) is 7.47. The average molecular weight is 395 g/mol. The number of anilines is 1. The lowest BCUT2D eigenvalue weighted by Gasteiger charge is -2.21. The number of fused-ring (bicyclic) bond motifs is 1. The smallest absolute Gasteiger partial charge is 0.0504 e. The normalized spacial score (nSPS) is 15.5. The molecule has 0 radical (unpaired) electrons. The number of hydrogen-bond donors (Lipinski definition) is 1. The molecule has 0 aromatic heterocycles. The summed E-state index contributed by atoms with van der Waals surface area (Å²) >= 11 is 0. The molecule has 0 saturated heterocycles. The number of benzene rings is 2. The Bertz CT molecular complexity index is 930. The summed E-state index contributed by atoms with van der Waals surface area (Å²) in [5, 5.41) is 3.31. The highest BCUT2D eigenvalue weighted by atomic mass is 32.2. The summed E-state index contributed by atoms with van der Waals surface area (Å²) in [7, 11) is -1.00.